The molecule has 0 aliphatic carbocycles. The molecule has 0 fully saturated rings. The van der Waals surface area contributed by atoms with E-state index in [1.54, 1.807) is 12.3 Å². The van der Waals surface area contributed by atoms with Gasteiger partial charge in [0.05, 0.1) is 24.4 Å². The van der Waals surface area contributed by atoms with Crippen molar-refractivity contribution in [3.8, 4) is 0 Å². The lowest BCUT2D eigenvalue weighted by molar-refractivity contribution is 0.0602. The molecule has 4 nitrogen and oxygen atoms in total. The zero-order chi connectivity index (χ0) is 14.8. The van der Waals surface area contributed by atoms with Gasteiger partial charge < -0.3 is 9.14 Å². The van der Waals surface area contributed by atoms with E-state index in [0.717, 1.165) is 16.9 Å². The number of hydrogen-bond donors (Lipinski definition) is 0. The van der Waals surface area contributed by atoms with Crippen LogP contribution in [0.1, 0.15) is 21.7 Å². The summed E-state index contributed by atoms with van der Waals surface area (Å²) in [6.45, 7) is 0. The summed E-state index contributed by atoms with van der Waals surface area (Å²) < 4.78 is 6.69. The van der Waals surface area contributed by atoms with Crippen molar-refractivity contribution >= 4 is 23.1 Å². The van der Waals surface area contributed by atoms with E-state index in [4.69, 9.17) is 16.3 Å². The topological polar surface area (TPSA) is 43.6 Å². The van der Waals surface area contributed by atoms with Crippen molar-refractivity contribution in [2.24, 2.45) is 0 Å². The van der Waals surface area contributed by atoms with Gasteiger partial charge in [0.1, 0.15) is 5.82 Å². The maximum atomic E-state index is 11.8. The van der Waals surface area contributed by atoms with Crippen LogP contribution >= 0.6 is 11.6 Å². The molecule has 0 saturated carbocycles. The molecule has 21 heavy (non-hydrogen) atoms. The van der Waals surface area contributed by atoms with Crippen LogP contribution in [0.25, 0.3) is 5.52 Å². The molecule has 0 aliphatic heterocycles. The Labute approximate surface area is 126 Å². The Hall–Kier alpha value is -2.33. The number of ether oxygens (including phenoxy) is 1. The fraction of sp³-hybridized carbons (Fsp3) is 0.125. The van der Waals surface area contributed by atoms with Gasteiger partial charge in [-0.15, -0.1) is 0 Å². The number of benzene rings is 1. The maximum Gasteiger partial charge on any atom is 0.340 e. The Morgan fingerprint density at radius 3 is 2.76 bits per heavy atom. The van der Waals surface area contributed by atoms with Gasteiger partial charge in [-0.05, 0) is 29.8 Å². The molecule has 0 amide bonds. The lowest BCUT2D eigenvalue weighted by Crippen LogP contribution is -2.04. The van der Waals surface area contributed by atoms with Gasteiger partial charge in [-0.1, -0.05) is 23.7 Å². The Bertz CT molecular complexity index is 794. The monoisotopic (exact) mass is 300 g/mol. The Kier molecular flexibility index (Phi) is 3.62. The molecule has 0 radical (unpaired) electrons. The summed E-state index contributed by atoms with van der Waals surface area (Å²) >= 11 is 5.89. The number of esters is 1. The summed E-state index contributed by atoms with van der Waals surface area (Å²) in [7, 11) is 1.37. The third-order valence-corrected chi connectivity index (χ3v) is 3.58. The number of imidazole rings is 1. The number of carbonyl (C=O) groups is 1. The van der Waals surface area contributed by atoms with Crippen molar-refractivity contribution in [3.63, 3.8) is 0 Å². The van der Waals surface area contributed by atoms with Crippen LogP contribution < -0.4 is 0 Å². The first-order valence-corrected chi connectivity index (χ1v) is 6.84. The largest absolute Gasteiger partial charge is 0.465 e. The highest BCUT2D eigenvalue weighted by Crippen LogP contribution is 2.17. The molecular formula is C16H13ClN2O2. The number of hydrogen-bond acceptors (Lipinski definition) is 3. The molecule has 0 atom stereocenters. The summed E-state index contributed by atoms with van der Waals surface area (Å²) in [6.07, 6.45) is 4.24. The third kappa shape index (κ3) is 2.62. The van der Waals surface area contributed by atoms with Crippen LogP contribution in [0.4, 0.5) is 0 Å². The van der Waals surface area contributed by atoms with Crippen molar-refractivity contribution in [1.29, 1.82) is 0 Å². The van der Waals surface area contributed by atoms with E-state index in [0.29, 0.717) is 17.0 Å². The van der Waals surface area contributed by atoms with Gasteiger partial charge in [-0.3, -0.25) is 0 Å². The molecule has 0 aliphatic rings. The second kappa shape index (κ2) is 5.58. The van der Waals surface area contributed by atoms with Crippen LogP contribution in [0.5, 0.6) is 0 Å². The van der Waals surface area contributed by atoms with Crippen LogP contribution in [0.3, 0.4) is 0 Å². The van der Waals surface area contributed by atoms with E-state index >= 15 is 0 Å². The van der Waals surface area contributed by atoms with E-state index in [-0.39, 0.29) is 5.97 Å². The molecule has 3 aromatic rings. The second-order valence-corrected chi connectivity index (χ2v) is 5.08. The Balaban J connectivity index is 2.01. The molecule has 2 aromatic heterocycles. The average molecular weight is 301 g/mol. The molecule has 0 bridgehead atoms. The first-order valence-electron chi connectivity index (χ1n) is 6.47. The fourth-order valence-corrected chi connectivity index (χ4v) is 2.40. The van der Waals surface area contributed by atoms with Gasteiger partial charge in [-0.25, -0.2) is 9.78 Å². The van der Waals surface area contributed by atoms with Crippen molar-refractivity contribution in [2.45, 2.75) is 6.42 Å². The molecule has 0 unspecified atom stereocenters. The van der Waals surface area contributed by atoms with E-state index in [9.17, 15) is 4.79 Å². The van der Waals surface area contributed by atoms with Crippen LogP contribution in [0.15, 0.2) is 48.8 Å². The van der Waals surface area contributed by atoms with E-state index in [1.165, 1.54) is 7.11 Å². The predicted octanol–water partition coefficient (Wildman–Crippen LogP) is 3.37. The minimum atomic E-state index is -0.362. The molecule has 5 heteroatoms. The average Bonchev–Trinajstić information content (AvgIpc) is 2.92. The fourth-order valence-electron chi connectivity index (χ4n) is 2.27. The summed E-state index contributed by atoms with van der Waals surface area (Å²) in [5.41, 5.74) is 2.36. The normalized spacial score (nSPS) is 10.8. The number of halogens is 1. The molecule has 1 aromatic carbocycles. The molecule has 3 rings (SSSR count). The minimum absolute atomic E-state index is 0.362. The van der Waals surface area contributed by atoms with Crippen LogP contribution in [0.2, 0.25) is 5.02 Å². The summed E-state index contributed by atoms with van der Waals surface area (Å²) in [4.78, 5) is 16.2. The zero-order valence-electron chi connectivity index (χ0n) is 11.4. The van der Waals surface area contributed by atoms with Crippen LogP contribution in [-0.4, -0.2) is 22.5 Å². The molecule has 0 saturated heterocycles. The smallest absolute Gasteiger partial charge is 0.340 e. The van der Waals surface area contributed by atoms with Gasteiger partial charge in [0.15, 0.2) is 0 Å². The molecule has 106 valence electrons. The highest BCUT2D eigenvalue weighted by atomic mass is 35.5. The number of pyridine rings is 1. The minimum Gasteiger partial charge on any atom is -0.465 e. The number of nitrogens with zero attached hydrogens (tertiary/aromatic N) is 2. The van der Waals surface area contributed by atoms with E-state index < -0.39 is 0 Å². The first kappa shape index (κ1) is 13.6. The molecule has 0 N–H and O–H groups in total. The van der Waals surface area contributed by atoms with Gasteiger partial charge in [0, 0.05) is 17.6 Å². The predicted molar refractivity (Wildman–Crippen MR) is 80.8 cm³/mol. The van der Waals surface area contributed by atoms with E-state index in [2.05, 4.69) is 4.98 Å². The van der Waals surface area contributed by atoms with Crippen molar-refractivity contribution in [1.82, 2.24) is 9.38 Å². The lowest BCUT2D eigenvalue weighted by Gasteiger charge is -2.05. The van der Waals surface area contributed by atoms with Gasteiger partial charge >= 0.3 is 5.97 Å². The van der Waals surface area contributed by atoms with Crippen LogP contribution in [-0.2, 0) is 11.2 Å². The van der Waals surface area contributed by atoms with Gasteiger partial charge in [-0.2, -0.15) is 0 Å². The summed E-state index contributed by atoms with van der Waals surface area (Å²) in [6, 6.07) is 11.2. The molecule has 0 spiro atoms. The Morgan fingerprint density at radius 2 is 2.05 bits per heavy atom. The summed E-state index contributed by atoms with van der Waals surface area (Å²) in [5, 5.41) is 0.708. The Morgan fingerprint density at radius 1 is 1.29 bits per heavy atom. The number of aromatic nitrogens is 2. The zero-order valence-corrected chi connectivity index (χ0v) is 12.2. The summed E-state index contributed by atoms with van der Waals surface area (Å²) in [5.74, 6) is 0.497. The number of fused-ring (bicyclic) bond motifs is 1. The SMILES string of the molecule is COC(=O)c1cccn2c(Cc3ccc(Cl)cc3)ncc12. The second-order valence-electron chi connectivity index (χ2n) is 4.65. The van der Waals surface area contributed by atoms with Crippen molar-refractivity contribution in [3.05, 3.63) is 70.8 Å². The van der Waals surface area contributed by atoms with Crippen LogP contribution in [0, 0.1) is 0 Å². The van der Waals surface area contributed by atoms with Gasteiger partial charge in [0.25, 0.3) is 0 Å². The lowest BCUT2D eigenvalue weighted by atomic mass is 10.1. The van der Waals surface area contributed by atoms with Crippen molar-refractivity contribution in [2.75, 3.05) is 7.11 Å². The van der Waals surface area contributed by atoms with E-state index in [1.807, 2.05) is 40.9 Å². The standard InChI is InChI=1S/C16H13ClN2O2/c1-21-16(20)13-3-2-8-19-14(13)10-18-15(19)9-11-4-6-12(17)7-5-11/h2-8,10H,9H2,1H3. The highest BCUT2D eigenvalue weighted by Gasteiger charge is 2.13. The van der Waals surface area contributed by atoms with Crippen molar-refractivity contribution < 1.29 is 9.53 Å². The number of carbonyl (C=O) groups excluding carboxylic acids is 1. The first-order chi connectivity index (χ1) is 10.2. The van der Waals surface area contributed by atoms with Gasteiger partial charge in [0.2, 0.25) is 0 Å². The molecule has 2 heterocycles. The number of methoxy groups -OCH3 is 1. The number of rotatable bonds is 3. The third-order valence-electron chi connectivity index (χ3n) is 3.33. The molecular weight excluding hydrogens is 288 g/mol. The highest BCUT2D eigenvalue weighted by molar-refractivity contribution is 6.30. The maximum absolute atomic E-state index is 11.8. The quantitative estimate of drug-likeness (QED) is 0.697.